The van der Waals surface area contributed by atoms with Crippen LogP contribution in [0.1, 0.15) is 45.2 Å². The van der Waals surface area contributed by atoms with Crippen LogP contribution < -0.4 is 14.4 Å². The second-order valence-electron chi connectivity index (χ2n) is 9.19. The standard InChI is InChI=1S/C27H39N3O5S/c1-7-22-13-9-10-15-25(22)30(36(6,33)34)19-26(31)29(18-21-12-11-14-23(16-21)35-5)24(8-2)27(32)28-17-20(3)4/h9-16,20,24H,7-8,17-19H2,1-6H3,(H,28,32)/t24-/m1/s1. The van der Waals surface area contributed by atoms with Crippen LogP contribution in [-0.2, 0) is 32.6 Å². The minimum Gasteiger partial charge on any atom is -0.497 e. The zero-order chi connectivity index (χ0) is 26.9. The zero-order valence-electron chi connectivity index (χ0n) is 22.2. The second-order valence-corrected chi connectivity index (χ2v) is 11.1. The van der Waals surface area contributed by atoms with Crippen molar-refractivity contribution in [1.29, 1.82) is 0 Å². The molecule has 0 heterocycles. The predicted octanol–water partition coefficient (Wildman–Crippen LogP) is 3.60. The molecule has 0 spiro atoms. The Labute approximate surface area is 215 Å². The molecule has 0 aromatic heterocycles. The first-order valence-corrected chi connectivity index (χ1v) is 14.1. The molecule has 198 valence electrons. The molecule has 1 N–H and O–H groups in total. The first-order chi connectivity index (χ1) is 17.0. The van der Waals surface area contributed by atoms with Crippen LogP contribution in [0.3, 0.4) is 0 Å². The topological polar surface area (TPSA) is 96.0 Å². The maximum atomic E-state index is 13.8. The quantitative estimate of drug-likeness (QED) is 0.438. The van der Waals surface area contributed by atoms with E-state index in [1.54, 1.807) is 31.4 Å². The number of hydrogen-bond acceptors (Lipinski definition) is 5. The molecule has 9 heteroatoms. The number of aryl methyl sites for hydroxylation is 1. The number of rotatable bonds is 13. The number of nitrogens with one attached hydrogen (secondary N) is 1. The molecule has 0 aliphatic heterocycles. The Balaban J connectivity index is 2.47. The van der Waals surface area contributed by atoms with Gasteiger partial charge < -0.3 is 15.0 Å². The van der Waals surface area contributed by atoms with E-state index in [9.17, 15) is 18.0 Å². The van der Waals surface area contributed by atoms with Crippen molar-refractivity contribution in [2.24, 2.45) is 5.92 Å². The van der Waals surface area contributed by atoms with Crippen molar-refractivity contribution in [2.75, 3.05) is 30.8 Å². The molecule has 2 amide bonds. The predicted molar refractivity (Wildman–Crippen MR) is 143 cm³/mol. The minimum absolute atomic E-state index is 0.136. The highest BCUT2D eigenvalue weighted by Gasteiger charge is 2.32. The smallest absolute Gasteiger partial charge is 0.244 e. The van der Waals surface area contributed by atoms with Gasteiger partial charge in [-0.3, -0.25) is 13.9 Å². The SMILES string of the molecule is CCc1ccccc1N(CC(=O)N(Cc1cccc(OC)c1)[C@H](CC)C(=O)NCC(C)C)S(C)(=O)=O. The number of benzene rings is 2. The lowest BCUT2D eigenvalue weighted by Gasteiger charge is -2.33. The average molecular weight is 518 g/mol. The highest BCUT2D eigenvalue weighted by atomic mass is 32.2. The van der Waals surface area contributed by atoms with E-state index in [-0.39, 0.29) is 18.4 Å². The molecule has 0 radical (unpaired) electrons. The highest BCUT2D eigenvalue weighted by Crippen LogP contribution is 2.24. The summed E-state index contributed by atoms with van der Waals surface area (Å²) in [5.74, 6) is 0.162. The number of methoxy groups -OCH3 is 1. The van der Waals surface area contributed by atoms with E-state index in [1.807, 2.05) is 52.0 Å². The van der Waals surface area contributed by atoms with Gasteiger partial charge in [-0.05, 0) is 48.1 Å². The van der Waals surface area contributed by atoms with Crippen molar-refractivity contribution in [3.63, 3.8) is 0 Å². The van der Waals surface area contributed by atoms with Gasteiger partial charge in [0.2, 0.25) is 21.8 Å². The normalized spacial score (nSPS) is 12.2. The number of para-hydroxylation sites is 1. The van der Waals surface area contributed by atoms with E-state index < -0.39 is 28.5 Å². The molecule has 0 aliphatic rings. The van der Waals surface area contributed by atoms with E-state index in [4.69, 9.17) is 4.74 Å². The second kappa shape index (κ2) is 13.3. The van der Waals surface area contributed by atoms with Gasteiger partial charge in [0.25, 0.3) is 0 Å². The molecule has 8 nitrogen and oxygen atoms in total. The fourth-order valence-electron chi connectivity index (χ4n) is 3.96. The van der Waals surface area contributed by atoms with Crippen molar-refractivity contribution in [3.05, 3.63) is 59.7 Å². The molecule has 1 atom stereocenters. The van der Waals surface area contributed by atoms with E-state index in [0.29, 0.717) is 30.8 Å². The Morgan fingerprint density at radius 1 is 1.06 bits per heavy atom. The molecule has 0 aliphatic carbocycles. The van der Waals surface area contributed by atoms with E-state index in [1.165, 1.54) is 4.90 Å². The van der Waals surface area contributed by atoms with Crippen LogP contribution in [0.25, 0.3) is 0 Å². The monoisotopic (exact) mass is 517 g/mol. The number of carbonyl (C=O) groups excluding carboxylic acids is 2. The van der Waals surface area contributed by atoms with Crippen molar-refractivity contribution < 1.29 is 22.7 Å². The van der Waals surface area contributed by atoms with Crippen LogP contribution in [0.4, 0.5) is 5.69 Å². The number of nitrogens with zero attached hydrogens (tertiary/aromatic N) is 2. The summed E-state index contributed by atoms with van der Waals surface area (Å²) in [6.45, 7) is 7.97. The van der Waals surface area contributed by atoms with E-state index >= 15 is 0 Å². The third kappa shape index (κ3) is 7.98. The summed E-state index contributed by atoms with van der Waals surface area (Å²) < 4.78 is 32.1. The molecule has 0 saturated carbocycles. The number of ether oxygens (including phenoxy) is 1. The molecule has 0 saturated heterocycles. The molecule has 2 aromatic rings. The summed E-state index contributed by atoms with van der Waals surface area (Å²) in [5.41, 5.74) is 2.06. The molecule has 2 rings (SSSR count). The van der Waals surface area contributed by atoms with Gasteiger partial charge in [-0.2, -0.15) is 0 Å². The average Bonchev–Trinajstić information content (AvgIpc) is 2.85. The Kier molecular flexibility index (Phi) is 10.8. The van der Waals surface area contributed by atoms with Crippen LogP contribution in [0.15, 0.2) is 48.5 Å². The molecule has 0 unspecified atom stereocenters. The number of hydrogen-bond donors (Lipinski definition) is 1. The van der Waals surface area contributed by atoms with Crippen LogP contribution in [0, 0.1) is 5.92 Å². The van der Waals surface area contributed by atoms with Crippen molar-refractivity contribution >= 4 is 27.5 Å². The van der Waals surface area contributed by atoms with Gasteiger partial charge in [-0.25, -0.2) is 8.42 Å². The van der Waals surface area contributed by atoms with E-state index in [2.05, 4.69) is 5.32 Å². The summed E-state index contributed by atoms with van der Waals surface area (Å²) in [7, 11) is -2.21. The van der Waals surface area contributed by atoms with Gasteiger partial charge in [0.05, 0.1) is 19.1 Å². The Morgan fingerprint density at radius 2 is 1.75 bits per heavy atom. The van der Waals surface area contributed by atoms with E-state index in [0.717, 1.165) is 21.7 Å². The summed E-state index contributed by atoms with van der Waals surface area (Å²) in [4.78, 5) is 28.4. The van der Waals surface area contributed by atoms with Crippen LogP contribution in [0.2, 0.25) is 0 Å². The maximum absolute atomic E-state index is 13.8. The summed E-state index contributed by atoms with van der Waals surface area (Å²) in [6.07, 6.45) is 2.08. The molecular weight excluding hydrogens is 478 g/mol. The van der Waals surface area contributed by atoms with Crippen molar-refractivity contribution in [3.8, 4) is 5.75 Å². The Bertz CT molecular complexity index is 1130. The lowest BCUT2D eigenvalue weighted by Crippen LogP contribution is -2.52. The third-order valence-corrected chi connectivity index (χ3v) is 7.00. The summed E-state index contributed by atoms with van der Waals surface area (Å²) in [5, 5.41) is 2.92. The van der Waals surface area contributed by atoms with Crippen LogP contribution in [-0.4, -0.2) is 57.6 Å². The molecular formula is C27H39N3O5S. The number of anilines is 1. The number of amides is 2. The minimum atomic E-state index is -3.77. The lowest BCUT2D eigenvalue weighted by molar-refractivity contribution is -0.140. The summed E-state index contributed by atoms with van der Waals surface area (Å²) in [6, 6.07) is 13.6. The third-order valence-electron chi connectivity index (χ3n) is 5.88. The van der Waals surface area contributed by atoms with Gasteiger partial charge >= 0.3 is 0 Å². The maximum Gasteiger partial charge on any atom is 0.244 e. The van der Waals surface area contributed by atoms with Crippen molar-refractivity contribution in [2.45, 2.75) is 53.1 Å². The highest BCUT2D eigenvalue weighted by molar-refractivity contribution is 7.92. The first kappa shape index (κ1) is 29.2. The number of sulfonamides is 1. The molecule has 36 heavy (non-hydrogen) atoms. The van der Waals surface area contributed by atoms with Crippen LogP contribution >= 0.6 is 0 Å². The van der Waals surface area contributed by atoms with Gasteiger partial charge in [0.1, 0.15) is 18.3 Å². The Morgan fingerprint density at radius 3 is 2.33 bits per heavy atom. The molecule has 0 fully saturated rings. The van der Waals surface area contributed by atoms with Gasteiger partial charge in [-0.1, -0.05) is 58.0 Å². The zero-order valence-corrected chi connectivity index (χ0v) is 23.0. The fraction of sp³-hybridized carbons (Fsp3) is 0.481. The molecule has 2 aromatic carbocycles. The van der Waals surface area contributed by atoms with Gasteiger partial charge in [0, 0.05) is 13.1 Å². The van der Waals surface area contributed by atoms with Crippen molar-refractivity contribution in [1.82, 2.24) is 10.2 Å². The van der Waals surface area contributed by atoms with Gasteiger partial charge in [0.15, 0.2) is 0 Å². The fourth-order valence-corrected chi connectivity index (χ4v) is 4.84. The molecule has 0 bridgehead atoms. The number of carbonyl (C=O) groups is 2. The van der Waals surface area contributed by atoms with Crippen LogP contribution in [0.5, 0.6) is 5.75 Å². The summed E-state index contributed by atoms with van der Waals surface area (Å²) >= 11 is 0. The largest absolute Gasteiger partial charge is 0.497 e. The Hall–Kier alpha value is -3.07. The lowest BCUT2D eigenvalue weighted by atomic mass is 10.1. The first-order valence-electron chi connectivity index (χ1n) is 12.3. The van der Waals surface area contributed by atoms with Gasteiger partial charge in [-0.15, -0.1) is 0 Å².